The van der Waals surface area contributed by atoms with Crippen molar-refractivity contribution in [1.82, 2.24) is 9.80 Å². The summed E-state index contributed by atoms with van der Waals surface area (Å²) in [4.78, 5) is 15.8. The Labute approximate surface area is 85.1 Å². The molecule has 1 rings (SSSR count). The Balaban J connectivity index is 2.59. The lowest BCUT2D eigenvalue weighted by atomic mass is 9.93. The summed E-state index contributed by atoms with van der Waals surface area (Å²) in [6.45, 7) is 6.61. The van der Waals surface area contributed by atoms with Crippen LogP contribution in [0.4, 0.5) is 0 Å². The molecule has 1 aliphatic heterocycles. The van der Waals surface area contributed by atoms with Crippen LogP contribution in [0, 0.1) is 16.7 Å². The molecule has 78 valence electrons. The lowest BCUT2D eigenvalue weighted by Gasteiger charge is -2.35. The summed E-state index contributed by atoms with van der Waals surface area (Å²) in [5.74, 6) is -0.0481. The molecule has 0 atom stereocenters. The first kappa shape index (κ1) is 11.0. The molecule has 4 heteroatoms. The maximum atomic E-state index is 11.8. The van der Waals surface area contributed by atoms with Crippen molar-refractivity contribution in [3.63, 3.8) is 0 Å². The summed E-state index contributed by atoms with van der Waals surface area (Å²) in [5.41, 5.74) is -0.879. The number of likely N-dealkylation sites (N-methyl/N-ethyl adjacent to an activating group) is 1. The van der Waals surface area contributed by atoms with E-state index in [0.29, 0.717) is 0 Å². The first-order chi connectivity index (χ1) is 6.47. The number of amides is 1. The third-order valence-electron chi connectivity index (χ3n) is 2.60. The van der Waals surface area contributed by atoms with Crippen LogP contribution in [0.2, 0.25) is 0 Å². The van der Waals surface area contributed by atoms with Gasteiger partial charge >= 0.3 is 0 Å². The lowest BCUT2D eigenvalue weighted by Crippen LogP contribution is -2.50. The maximum absolute atomic E-state index is 11.8. The van der Waals surface area contributed by atoms with E-state index in [1.807, 2.05) is 13.1 Å². The zero-order chi connectivity index (χ0) is 10.8. The first-order valence-electron chi connectivity index (χ1n) is 4.86. The zero-order valence-corrected chi connectivity index (χ0v) is 9.08. The van der Waals surface area contributed by atoms with Gasteiger partial charge in [-0.25, -0.2) is 0 Å². The molecular formula is C10H17N3O. The highest BCUT2D eigenvalue weighted by atomic mass is 16.2. The van der Waals surface area contributed by atoms with Gasteiger partial charge in [0, 0.05) is 26.2 Å². The van der Waals surface area contributed by atoms with Gasteiger partial charge in [-0.1, -0.05) is 0 Å². The van der Waals surface area contributed by atoms with Gasteiger partial charge in [0.2, 0.25) is 5.91 Å². The molecule has 0 aromatic heterocycles. The highest BCUT2D eigenvalue weighted by Crippen LogP contribution is 2.18. The highest BCUT2D eigenvalue weighted by molar-refractivity contribution is 5.84. The lowest BCUT2D eigenvalue weighted by molar-refractivity contribution is -0.139. The van der Waals surface area contributed by atoms with Gasteiger partial charge in [0.25, 0.3) is 0 Å². The molecule has 0 bridgehead atoms. The summed E-state index contributed by atoms with van der Waals surface area (Å²) in [7, 11) is 2.04. The topological polar surface area (TPSA) is 47.3 Å². The molecule has 0 radical (unpaired) electrons. The molecule has 1 aliphatic rings. The number of hydrogen-bond donors (Lipinski definition) is 0. The molecule has 0 saturated carbocycles. The summed E-state index contributed by atoms with van der Waals surface area (Å²) < 4.78 is 0. The Kier molecular flexibility index (Phi) is 3.12. The van der Waals surface area contributed by atoms with Crippen LogP contribution in [0.5, 0.6) is 0 Å². The van der Waals surface area contributed by atoms with Crippen molar-refractivity contribution in [2.75, 3.05) is 33.2 Å². The molecule has 1 saturated heterocycles. The van der Waals surface area contributed by atoms with Gasteiger partial charge < -0.3 is 9.80 Å². The summed E-state index contributed by atoms with van der Waals surface area (Å²) >= 11 is 0. The van der Waals surface area contributed by atoms with Gasteiger partial charge in [0.1, 0.15) is 5.41 Å². The molecule has 0 spiro atoms. The Morgan fingerprint density at radius 3 is 2.21 bits per heavy atom. The minimum Gasteiger partial charge on any atom is -0.339 e. The Morgan fingerprint density at radius 1 is 1.29 bits per heavy atom. The molecule has 0 N–H and O–H groups in total. The van der Waals surface area contributed by atoms with E-state index in [1.165, 1.54) is 0 Å². The van der Waals surface area contributed by atoms with Crippen LogP contribution in [-0.4, -0.2) is 48.9 Å². The summed E-state index contributed by atoms with van der Waals surface area (Å²) in [6, 6.07) is 2.04. The Bertz CT molecular complexity index is 259. The van der Waals surface area contributed by atoms with Crippen molar-refractivity contribution in [2.45, 2.75) is 13.8 Å². The molecule has 1 heterocycles. The van der Waals surface area contributed by atoms with Crippen LogP contribution in [0.15, 0.2) is 0 Å². The normalized spacial score (nSPS) is 19.1. The van der Waals surface area contributed by atoms with Gasteiger partial charge in [-0.15, -0.1) is 0 Å². The second-order valence-corrected chi connectivity index (χ2v) is 4.33. The predicted octanol–water partition coefficient (Wildman–Crippen LogP) is 0.310. The van der Waals surface area contributed by atoms with E-state index >= 15 is 0 Å². The van der Waals surface area contributed by atoms with Crippen LogP contribution >= 0.6 is 0 Å². The largest absolute Gasteiger partial charge is 0.339 e. The van der Waals surface area contributed by atoms with E-state index in [4.69, 9.17) is 5.26 Å². The molecule has 0 aromatic carbocycles. The quantitative estimate of drug-likeness (QED) is 0.605. The zero-order valence-electron chi connectivity index (χ0n) is 9.08. The van der Waals surface area contributed by atoms with E-state index < -0.39 is 5.41 Å². The summed E-state index contributed by atoms with van der Waals surface area (Å²) in [5, 5.41) is 8.84. The van der Waals surface area contributed by atoms with Crippen LogP contribution in [0.1, 0.15) is 13.8 Å². The molecule has 4 nitrogen and oxygen atoms in total. The van der Waals surface area contributed by atoms with Gasteiger partial charge in [-0.2, -0.15) is 5.26 Å². The molecule has 1 amide bonds. The van der Waals surface area contributed by atoms with Crippen LogP contribution < -0.4 is 0 Å². The number of nitriles is 1. The molecule has 0 aliphatic carbocycles. The standard InChI is InChI=1S/C10H17N3O/c1-10(2,8-11)9(14)13-6-4-12(3)5-7-13/h4-7H2,1-3H3. The van der Waals surface area contributed by atoms with Crippen LogP contribution in [0.3, 0.4) is 0 Å². The SMILES string of the molecule is CN1CCN(C(=O)C(C)(C)C#N)CC1. The number of rotatable bonds is 1. The van der Waals surface area contributed by atoms with Crippen molar-refractivity contribution < 1.29 is 4.79 Å². The average molecular weight is 195 g/mol. The number of nitrogens with zero attached hydrogens (tertiary/aromatic N) is 3. The van der Waals surface area contributed by atoms with Crippen molar-refractivity contribution in [3.8, 4) is 6.07 Å². The van der Waals surface area contributed by atoms with Crippen LogP contribution in [0.25, 0.3) is 0 Å². The van der Waals surface area contributed by atoms with Crippen LogP contribution in [-0.2, 0) is 4.79 Å². The van der Waals surface area contributed by atoms with Crippen molar-refractivity contribution in [1.29, 1.82) is 5.26 Å². The van der Waals surface area contributed by atoms with Gasteiger partial charge in [-0.3, -0.25) is 4.79 Å². The van der Waals surface area contributed by atoms with E-state index in [2.05, 4.69) is 4.90 Å². The van der Waals surface area contributed by atoms with Gasteiger partial charge in [0.05, 0.1) is 6.07 Å². The van der Waals surface area contributed by atoms with Gasteiger partial charge in [0.15, 0.2) is 0 Å². The van der Waals surface area contributed by atoms with Crippen molar-refractivity contribution >= 4 is 5.91 Å². The fourth-order valence-electron chi connectivity index (χ4n) is 1.45. The van der Waals surface area contributed by atoms with E-state index in [-0.39, 0.29) is 5.91 Å². The Hall–Kier alpha value is -1.08. The van der Waals surface area contributed by atoms with Crippen molar-refractivity contribution in [2.24, 2.45) is 5.41 Å². The predicted molar refractivity (Wildman–Crippen MR) is 53.5 cm³/mol. The number of carbonyl (C=O) groups is 1. The van der Waals surface area contributed by atoms with Gasteiger partial charge in [-0.05, 0) is 20.9 Å². The second kappa shape index (κ2) is 3.97. The highest BCUT2D eigenvalue weighted by Gasteiger charge is 2.32. The third kappa shape index (κ3) is 2.24. The first-order valence-corrected chi connectivity index (χ1v) is 4.86. The number of hydrogen-bond acceptors (Lipinski definition) is 3. The average Bonchev–Trinajstić information content (AvgIpc) is 2.18. The second-order valence-electron chi connectivity index (χ2n) is 4.33. The molecular weight excluding hydrogens is 178 g/mol. The smallest absolute Gasteiger partial charge is 0.242 e. The third-order valence-corrected chi connectivity index (χ3v) is 2.60. The minimum atomic E-state index is -0.879. The number of carbonyl (C=O) groups excluding carboxylic acids is 1. The minimum absolute atomic E-state index is 0.0481. The Morgan fingerprint density at radius 2 is 1.79 bits per heavy atom. The van der Waals surface area contributed by atoms with E-state index in [0.717, 1.165) is 26.2 Å². The van der Waals surface area contributed by atoms with E-state index in [9.17, 15) is 4.79 Å². The molecule has 14 heavy (non-hydrogen) atoms. The molecule has 1 fully saturated rings. The fourth-order valence-corrected chi connectivity index (χ4v) is 1.45. The maximum Gasteiger partial charge on any atom is 0.242 e. The molecule has 0 unspecified atom stereocenters. The number of piperazine rings is 1. The fraction of sp³-hybridized carbons (Fsp3) is 0.800. The monoisotopic (exact) mass is 195 g/mol. The summed E-state index contributed by atoms with van der Waals surface area (Å²) in [6.07, 6.45) is 0. The van der Waals surface area contributed by atoms with Crippen molar-refractivity contribution in [3.05, 3.63) is 0 Å². The van der Waals surface area contributed by atoms with E-state index in [1.54, 1.807) is 18.7 Å². The molecule has 0 aromatic rings.